The summed E-state index contributed by atoms with van der Waals surface area (Å²) < 4.78 is 4.84. The van der Waals surface area contributed by atoms with Gasteiger partial charge in [0.25, 0.3) is 5.91 Å². The second-order valence-electron chi connectivity index (χ2n) is 4.00. The minimum atomic E-state index is -1.11. The summed E-state index contributed by atoms with van der Waals surface area (Å²) in [5.41, 5.74) is 0.160. The first-order chi connectivity index (χ1) is 9.43. The lowest BCUT2D eigenvalue weighted by Gasteiger charge is -2.14. The van der Waals surface area contributed by atoms with Crippen LogP contribution in [0.5, 0.6) is 0 Å². The van der Waals surface area contributed by atoms with E-state index >= 15 is 0 Å². The topological polar surface area (TPSA) is 88.5 Å². The number of nitrogens with zero attached hydrogens (tertiary/aromatic N) is 1. The van der Waals surface area contributed by atoms with E-state index in [4.69, 9.17) is 33.0 Å². The number of methoxy groups -OCH3 is 1. The SMILES string of the molecule is COCCCC(NC(=O)c1cc(Cl)nc(Cl)c1)C(=O)O. The Labute approximate surface area is 126 Å². The number of halogens is 2. The maximum atomic E-state index is 11.9. The van der Waals surface area contributed by atoms with Crippen LogP contribution < -0.4 is 5.32 Å². The van der Waals surface area contributed by atoms with Crippen LogP contribution in [0, 0.1) is 0 Å². The molecule has 1 amide bonds. The Morgan fingerprint density at radius 3 is 2.50 bits per heavy atom. The fourth-order valence-corrected chi connectivity index (χ4v) is 1.99. The van der Waals surface area contributed by atoms with Crippen LogP contribution in [0.25, 0.3) is 0 Å². The van der Waals surface area contributed by atoms with Crippen molar-refractivity contribution in [3.8, 4) is 0 Å². The highest BCUT2D eigenvalue weighted by molar-refractivity contribution is 6.33. The average Bonchev–Trinajstić information content (AvgIpc) is 2.36. The molecule has 2 N–H and O–H groups in total. The molecule has 0 bridgehead atoms. The van der Waals surface area contributed by atoms with E-state index in [9.17, 15) is 9.59 Å². The number of aromatic nitrogens is 1. The van der Waals surface area contributed by atoms with E-state index in [1.807, 2.05) is 0 Å². The molecule has 1 aromatic heterocycles. The maximum absolute atomic E-state index is 11.9. The standard InChI is InChI=1S/C12H14Cl2N2O4/c1-20-4-2-3-8(12(18)19)15-11(17)7-5-9(13)16-10(14)6-7/h5-6,8H,2-4H2,1H3,(H,15,17)(H,18,19). The van der Waals surface area contributed by atoms with Crippen LogP contribution in [0.2, 0.25) is 10.3 Å². The number of aliphatic carboxylic acids is 1. The van der Waals surface area contributed by atoms with Crippen LogP contribution >= 0.6 is 23.2 Å². The molecule has 1 unspecified atom stereocenters. The third-order valence-electron chi connectivity index (χ3n) is 2.47. The number of carboxylic acids is 1. The van der Waals surface area contributed by atoms with E-state index in [1.54, 1.807) is 0 Å². The number of hydrogen-bond donors (Lipinski definition) is 2. The van der Waals surface area contributed by atoms with E-state index in [-0.39, 0.29) is 22.3 Å². The van der Waals surface area contributed by atoms with Crippen LogP contribution in [0.4, 0.5) is 0 Å². The van der Waals surface area contributed by atoms with Crippen LogP contribution in [-0.4, -0.2) is 41.7 Å². The van der Waals surface area contributed by atoms with Crippen molar-refractivity contribution >= 4 is 35.1 Å². The number of carbonyl (C=O) groups excluding carboxylic acids is 1. The zero-order valence-electron chi connectivity index (χ0n) is 10.7. The molecule has 1 heterocycles. The molecule has 0 aliphatic rings. The van der Waals surface area contributed by atoms with Crippen molar-refractivity contribution in [2.24, 2.45) is 0 Å². The Bertz CT molecular complexity index is 476. The number of hydrogen-bond acceptors (Lipinski definition) is 4. The Balaban J connectivity index is 2.72. The van der Waals surface area contributed by atoms with Gasteiger partial charge in [0.05, 0.1) is 0 Å². The Kier molecular flexibility index (Phi) is 6.70. The lowest BCUT2D eigenvalue weighted by atomic mass is 10.1. The van der Waals surface area contributed by atoms with E-state index in [1.165, 1.54) is 19.2 Å². The summed E-state index contributed by atoms with van der Waals surface area (Å²) in [6.45, 7) is 0.423. The first kappa shape index (κ1) is 16.7. The van der Waals surface area contributed by atoms with Crippen LogP contribution in [0.1, 0.15) is 23.2 Å². The van der Waals surface area contributed by atoms with Crippen molar-refractivity contribution in [3.63, 3.8) is 0 Å². The first-order valence-corrected chi connectivity index (χ1v) is 6.55. The number of pyridine rings is 1. The summed E-state index contributed by atoms with van der Waals surface area (Å²) in [5, 5.41) is 11.6. The van der Waals surface area contributed by atoms with Crippen molar-refractivity contribution in [1.29, 1.82) is 0 Å². The smallest absolute Gasteiger partial charge is 0.326 e. The Morgan fingerprint density at radius 1 is 1.40 bits per heavy atom. The van der Waals surface area contributed by atoms with Crippen LogP contribution in [0.3, 0.4) is 0 Å². The molecular weight excluding hydrogens is 307 g/mol. The Morgan fingerprint density at radius 2 is 2.00 bits per heavy atom. The normalized spacial score (nSPS) is 11.9. The molecule has 1 aromatic rings. The highest BCUT2D eigenvalue weighted by atomic mass is 35.5. The number of rotatable bonds is 7. The molecule has 1 atom stereocenters. The number of nitrogens with one attached hydrogen (secondary N) is 1. The highest BCUT2D eigenvalue weighted by Crippen LogP contribution is 2.15. The maximum Gasteiger partial charge on any atom is 0.326 e. The third kappa shape index (κ3) is 5.32. The van der Waals surface area contributed by atoms with E-state index in [0.717, 1.165) is 0 Å². The number of carbonyl (C=O) groups is 2. The van der Waals surface area contributed by atoms with E-state index < -0.39 is 17.9 Å². The van der Waals surface area contributed by atoms with Crippen molar-refractivity contribution in [2.75, 3.05) is 13.7 Å². The monoisotopic (exact) mass is 320 g/mol. The molecule has 0 saturated carbocycles. The van der Waals surface area contributed by atoms with Gasteiger partial charge in [-0.2, -0.15) is 0 Å². The van der Waals surface area contributed by atoms with Gasteiger partial charge in [-0.25, -0.2) is 9.78 Å². The highest BCUT2D eigenvalue weighted by Gasteiger charge is 2.20. The summed E-state index contributed by atoms with van der Waals surface area (Å²) in [6.07, 6.45) is 0.785. The molecule has 0 aromatic carbocycles. The molecule has 20 heavy (non-hydrogen) atoms. The van der Waals surface area contributed by atoms with Crippen molar-refractivity contribution in [2.45, 2.75) is 18.9 Å². The van der Waals surface area contributed by atoms with Gasteiger partial charge in [0.15, 0.2) is 0 Å². The van der Waals surface area contributed by atoms with Gasteiger partial charge in [-0.1, -0.05) is 23.2 Å². The molecule has 0 spiro atoms. The van der Waals surface area contributed by atoms with Gasteiger partial charge >= 0.3 is 5.97 Å². The molecular formula is C12H14Cl2N2O4. The molecule has 0 fully saturated rings. The molecule has 0 radical (unpaired) electrons. The summed E-state index contributed by atoms with van der Waals surface area (Å²) in [5.74, 6) is -1.68. The van der Waals surface area contributed by atoms with E-state index in [2.05, 4.69) is 10.3 Å². The van der Waals surface area contributed by atoms with Gasteiger partial charge in [0, 0.05) is 19.3 Å². The average molecular weight is 321 g/mol. The molecule has 0 aliphatic carbocycles. The van der Waals surface area contributed by atoms with Gasteiger partial charge in [-0.05, 0) is 25.0 Å². The minimum absolute atomic E-state index is 0.0638. The van der Waals surface area contributed by atoms with Crippen LogP contribution in [-0.2, 0) is 9.53 Å². The van der Waals surface area contributed by atoms with Crippen molar-refractivity contribution in [3.05, 3.63) is 28.0 Å². The zero-order valence-corrected chi connectivity index (χ0v) is 12.2. The largest absolute Gasteiger partial charge is 0.480 e. The summed E-state index contributed by atoms with van der Waals surface area (Å²) >= 11 is 11.4. The van der Waals surface area contributed by atoms with Gasteiger partial charge < -0.3 is 15.2 Å². The lowest BCUT2D eigenvalue weighted by Crippen LogP contribution is -2.40. The zero-order chi connectivity index (χ0) is 15.1. The lowest BCUT2D eigenvalue weighted by molar-refractivity contribution is -0.139. The minimum Gasteiger partial charge on any atom is -0.480 e. The first-order valence-electron chi connectivity index (χ1n) is 5.79. The number of ether oxygens (including phenoxy) is 1. The Hall–Kier alpha value is -1.37. The quantitative estimate of drug-likeness (QED) is 0.592. The molecule has 110 valence electrons. The third-order valence-corrected chi connectivity index (χ3v) is 2.86. The summed E-state index contributed by atoms with van der Waals surface area (Å²) in [7, 11) is 1.52. The van der Waals surface area contributed by atoms with Gasteiger partial charge in [-0.3, -0.25) is 4.79 Å². The van der Waals surface area contributed by atoms with Gasteiger partial charge in [0.1, 0.15) is 16.3 Å². The van der Waals surface area contributed by atoms with Crippen molar-refractivity contribution in [1.82, 2.24) is 10.3 Å². The van der Waals surface area contributed by atoms with Gasteiger partial charge in [0.2, 0.25) is 0 Å². The molecule has 8 heteroatoms. The summed E-state index contributed by atoms with van der Waals surface area (Å²) in [4.78, 5) is 26.7. The molecule has 6 nitrogen and oxygen atoms in total. The summed E-state index contributed by atoms with van der Waals surface area (Å²) in [6, 6.07) is 1.64. The molecule has 1 rings (SSSR count). The fourth-order valence-electron chi connectivity index (χ4n) is 1.53. The fraction of sp³-hybridized carbons (Fsp3) is 0.417. The van der Waals surface area contributed by atoms with Crippen LogP contribution in [0.15, 0.2) is 12.1 Å². The molecule has 0 aliphatic heterocycles. The second-order valence-corrected chi connectivity index (χ2v) is 4.78. The van der Waals surface area contributed by atoms with E-state index in [0.29, 0.717) is 13.0 Å². The number of amides is 1. The number of carboxylic acid groups (broad SMARTS) is 1. The van der Waals surface area contributed by atoms with Crippen molar-refractivity contribution < 1.29 is 19.4 Å². The predicted molar refractivity (Wildman–Crippen MR) is 74.3 cm³/mol. The predicted octanol–water partition coefficient (Wildman–Crippen LogP) is 2.00. The molecule has 0 saturated heterocycles. The second kappa shape index (κ2) is 8.04. The van der Waals surface area contributed by atoms with Gasteiger partial charge in [-0.15, -0.1) is 0 Å².